The van der Waals surface area contributed by atoms with Crippen LogP contribution < -0.4 is 10.5 Å². The maximum atomic E-state index is 6.18. The van der Waals surface area contributed by atoms with E-state index in [1.165, 1.54) is 37.7 Å². The highest BCUT2D eigenvalue weighted by molar-refractivity contribution is 5.30. The van der Waals surface area contributed by atoms with Crippen LogP contribution in [0.2, 0.25) is 0 Å². The number of hydrogen-bond acceptors (Lipinski definition) is 2. The van der Waals surface area contributed by atoms with E-state index in [4.69, 9.17) is 10.5 Å². The molecule has 2 nitrogen and oxygen atoms in total. The fourth-order valence-electron chi connectivity index (χ4n) is 2.01. The van der Waals surface area contributed by atoms with Gasteiger partial charge in [-0.1, -0.05) is 51.2 Å². The van der Waals surface area contributed by atoms with Crippen LogP contribution in [-0.2, 0) is 0 Å². The zero-order chi connectivity index (χ0) is 12.5. The maximum absolute atomic E-state index is 6.18. The summed E-state index contributed by atoms with van der Waals surface area (Å²) in [5.41, 5.74) is 7.36. The van der Waals surface area contributed by atoms with Crippen LogP contribution in [0, 0.1) is 0 Å². The molecule has 0 aliphatic rings. The van der Waals surface area contributed by atoms with E-state index in [1.54, 1.807) is 7.11 Å². The van der Waals surface area contributed by atoms with Crippen LogP contribution >= 0.6 is 0 Å². The first-order valence-electron chi connectivity index (χ1n) is 6.67. The molecule has 2 N–H and O–H groups in total. The number of hydrogen-bond donors (Lipinski definition) is 1. The Hall–Kier alpha value is -1.02. The molecule has 1 unspecified atom stereocenters. The first-order valence-corrected chi connectivity index (χ1v) is 6.67. The van der Waals surface area contributed by atoms with Crippen molar-refractivity contribution in [1.82, 2.24) is 0 Å². The van der Waals surface area contributed by atoms with Crippen molar-refractivity contribution < 1.29 is 4.74 Å². The van der Waals surface area contributed by atoms with Crippen LogP contribution in [0.15, 0.2) is 24.3 Å². The average Bonchev–Trinajstić information content (AvgIpc) is 2.38. The minimum atomic E-state index is 0.145. The number of nitrogens with two attached hydrogens (primary N) is 1. The SMILES string of the molecule is CCCCCCCC(N)c1cccc(OC)c1. The van der Waals surface area contributed by atoms with Crippen LogP contribution in [-0.4, -0.2) is 7.11 Å². The molecule has 0 aliphatic carbocycles. The van der Waals surface area contributed by atoms with Gasteiger partial charge < -0.3 is 10.5 Å². The molecular weight excluding hydrogens is 210 g/mol. The minimum absolute atomic E-state index is 0.145. The summed E-state index contributed by atoms with van der Waals surface area (Å²) in [6.45, 7) is 2.24. The lowest BCUT2D eigenvalue weighted by atomic mass is 10.0. The molecule has 0 amide bonds. The van der Waals surface area contributed by atoms with Gasteiger partial charge in [-0.3, -0.25) is 0 Å². The van der Waals surface area contributed by atoms with Gasteiger partial charge in [-0.25, -0.2) is 0 Å². The Bertz CT molecular complexity index is 312. The van der Waals surface area contributed by atoms with E-state index in [1.807, 2.05) is 18.2 Å². The summed E-state index contributed by atoms with van der Waals surface area (Å²) in [6, 6.07) is 8.23. The molecule has 1 aromatic rings. The smallest absolute Gasteiger partial charge is 0.119 e. The summed E-state index contributed by atoms with van der Waals surface area (Å²) in [5.74, 6) is 0.893. The molecule has 0 saturated heterocycles. The molecule has 0 bridgehead atoms. The van der Waals surface area contributed by atoms with Crippen molar-refractivity contribution in [3.05, 3.63) is 29.8 Å². The summed E-state index contributed by atoms with van der Waals surface area (Å²) in [6.07, 6.45) is 7.55. The Balaban J connectivity index is 2.33. The molecule has 0 radical (unpaired) electrons. The van der Waals surface area contributed by atoms with Gasteiger partial charge in [0.1, 0.15) is 5.75 Å². The normalized spacial score (nSPS) is 12.4. The molecule has 1 atom stereocenters. The van der Waals surface area contributed by atoms with Gasteiger partial charge in [-0.15, -0.1) is 0 Å². The molecule has 96 valence electrons. The third-order valence-corrected chi connectivity index (χ3v) is 3.14. The topological polar surface area (TPSA) is 35.2 Å². The quantitative estimate of drug-likeness (QED) is 0.690. The third-order valence-electron chi connectivity index (χ3n) is 3.14. The first kappa shape index (κ1) is 14.0. The van der Waals surface area contributed by atoms with Gasteiger partial charge in [0.05, 0.1) is 7.11 Å². The van der Waals surface area contributed by atoms with Crippen LogP contribution in [0.4, 0.5) is 0 Å². The predicted octanol–water partition coefficient (Wildman–Crippen LogP) is 4.06. The van der Waals surface area contributed by atoms with E-state index in [9.17, 15) is 0 Å². The molecule has 0 heterocycles. The average molecular weight is 235 g/mol. The van der Waals surface area contributed by atoms with Crippen LogP contribution in [0.5, 0.6) is 5.75 Å². The standard InChI is InChI=1S/C15H25NO/c1-3-4-5-6-7-11-15(16)13-9-8-10-14(12-13)17-2/h8-10,12,15H,3-7,11,16H2,1-2H3. The number of benzene rings is 1. The van der Waals surface area contributed by atoms with Gasteiger partial charge in [0, 0.05) is 6.04 Å². The molecular formula is C15H25NO. The molecule has 0 saturated carbocycles. The Morgan fingerprint density at radius 2 is 1.94 bits per heavy atom. The number of ether oxygens (including phenoxy) is 1. The second kappa shape index (κ2) is 8.13. The summed E-state index contributed by atoms with van der Waals surface area (Å²) in [5, 5.41) is 0. The highest BCUT2D eigenvalue weighted by Crippen LogP contribution is 2.21. The van der Waals surface area contributed by atoms with Crippen LogP contribution in [0.25, 0.3) is 0 Å². The van der Waals surface area contributed by atoms with Crippen molar-refractivity contribution in [3.63, 3.8) is 0 Å². The van der Waals surface area contributed by atoms with E-state index in [2.05, 4.69) is 13.0 Å². The Morgan fingerprint density at radius 3 is 2.65 bits per heavy atom. The van der Waals surface area contributed by atoms with Crippen molar-refractivity contribution in [2.24, 2.45) is 5.73 Å². The van der Waals surface area contributed by atoms with Crippen molar-refractivity contribution >= 4 is 0 Å². The van der Waals surface area contributed by atoms with Gasteiger partial charge >= 0.3 is 0 Å². The van der Waals surface area contributed by atoms with Crippen molar-refractivity contribution in [2.75, 3.05) is 7.11 Å². The van der Waals surface area contributed by atoms with Crippen molar-refractivity contribution in [3.8, 4) is 5.75 Å². The number of methoxy groups -OCH3 is 1. The summed E-state index contributed by atoms with van der Waals surface area (Å²) >= 11 is 0. The molecule has 0 aromatic heterocycles. The predicted molar refractivity (Wildman–Crippen MR) is 73.3 cm³/mol. The second-order valence-electron chi connectivity index (χ2n) is 4.59. The molecule has 17 heavy (non-hydrogen) atoms. The van der Waals surface area contributed by atoms with Gasteiger partial charge in [0.15, 0.2) is 0 Å². The molecule has 2 heteroatoms. The first-order chi connectivity index (χ1) is 8.27. The molecule has 0 aliphatic heterocycles. The molecule has 0 spiro atoms. The summed E-state index contributed by atoms with van der Waals surface area (Å²) < 4.78 is 5.21. The van der Waals surface area contributed by atoms with E-state index in [-0.39, 0.29) is 6.04 Å². The van der Waals surface area contributed by atoms with E-state index in [0.29, 0.717) is 0 Å². The van der Waals surface area contributed by atoms with Gasteiger partial charge in [0.2, 0.25) is 0 Å². The minimum Gasteiger partial charge on any atom is -0.497 e. The molecule has 1 aromatic carbocycles. The molecule has 1 rings (SSSR count). The van der Waals surface area contributed by atoms with Crippen LogP contribution in [0.3, 0.4) is 0 Å². The van der Waals surface area contributed by atoms with Crippen molar-refractivity contribution in [2.45, 2.75) is 51.5 Å². The van der Waals surface area contributed by atoms with Gasteiger partial charge in [0.25, 0.3) is 0 Å². The zero-order valence-electron chi connectivity index (χ0n) is 11.1. The lowest BCUT2D eigenvalue weighted by molar-refractivity contribution is 0.413. The molecule has 0 fully saturated rings. The third kappa shape index (κ3) is 5.22. The zero-order valence-corrected chi connectivity index (χ0v) is 11.1. The highest BCUT2D eigenvalue weighted by Gasteiger charge is 2.06. The lowest BCUT2D eigenvalue weighted by Gasteiger charge is -2.12. The van der Waals surface area contributed by atoms with Crippen LogP contribution in [0.1, 0.15) is 57.1 Å². The number of unbranched alkanes of at least 4 members (excludes halogenated alkanes) is 4. The summed E-state index contributed by atoms with van der Waals surface area (Å²) in [7, 11) is 1.69. The number of rotatable bonds is 8. The second-order valence-corrected chi connectivity index (χ2v) is 4.59. The van der Waals surface area contributed by atoms with E-state index in [0.717, 1.165) is 12.2 Å². The fraction of sp³-hybridized carbons (Fsp3) is 0.600. The lowest BCUT2D eigenvalue weighted by Crippen LogP contribution is -2.10. The largest absolute Gasteiger partial charge is 0.497 e. The maximum Gasteiger partial charge on any atom is 0.119 e. The van der Waals surface area contributed by atoms with Gasteiger partial charge in [-0.05, 0) is 24.1 Å². The highest BCUT2D eigenvalue weighted by atomic mass is 16.5. The van der Waals surface area contributed by atoms with Crippen molar-refractivity contribution in [1.29, 1.82) is 0 Å². The van der Waals surface area contributed by atoms with E-state index >= 15 is 0 Å². The summed E-state index contributed by atoms with van der Waals surface area (Å²) in [4.78, 5) is 0. The fourth-order valence-corrected chi connectivity index (χ4v) is 2.01. The Morgan fingerprint density at radius 1 is 1.18 bits per heavy atom. The van der Waals surface area contributed by atoms with E-state index < -0.39 is 0 Å². The monoisotopic (exact) mass is 235 g/mol. The Labute approximate surface area is 105 Å². The Kier molecular flexibility index (Phi) is 6.71. The van der Waals surface area contributed by atoms with Gasteiger partial charge in [-0.2, -0.15) is 0 Å².